The van der Waals surface area contributed by atoms with Crippen LogP contribution in [0.5, 0.6) is 5.75 Å². The van der Waals surface area contributed by atoms with Gasteiger partial charge in [0.1, 0.15) is 17.1 Å². The molecule has 2 heterocycles. The summed E-state index contributed by atoms with van der Waals surface area (Å²) in [4.78, 5) is 31.0. The number of ether oxygens (including phenoxy) is 1. The molecule has 0 unspecified atom stereocenters. The average Bonchev–Trinajstić information content (AvgIpc) is 3.22. The number of anilines is 1. The molecular formula is C25H25N3O3S. The lowest BCUT2D eigenvalue weighted by molar-refractivity contribution is -0.116. The Balaban J connectivity index is 1.62. The van der Waals surface area contributed by atoms with Crippen molar-refractivity contribution in [3.8, 4) is 16.9 Å². The highest BCUT2D eigenvalue weighted by Crippen LogP contribution is 2.31. The van der Waals surface area contributed by atoms with Gasteiger partial charge >= 0.3 is 0 Å². The fourth-order valence-electron chi connectivity index (χ4n) is 3.54. The number of thiophene rings is 1. The molecule has 2 aromatic heterocycles. The summed E-state index contributed by atoms with van der Waals surface area (Å²) < 4.78 is 6.90. The van der Waals surface area contributed by atoms with Crippen molar-refractivity contribution >= 4 is 33.1 Å². The summed E-state index contributed by atoms with van der Waals surface area (Å²) in [5, 5.41) is 5.32. The summed E-state index contributed by atoms with van der Waals surface area (Å²) in [5.74, 6) is 0.709. The van der Waals surface area contributed by atoms with Gasteiger partial charge in [-0.05, 0) is 36.1 Å². The molecule has 4 aromatic rings. The van der Waals surface area contributed by atoms with Crippen LogP contribution in [-0.4, -0.2) is 22.1 Å². The molecular weight excluding hydrogens is 422 g/mol. The van der Waals surface area contributed by atoms with Crippen LogP contribution in [0.4, 0.5) is 5.69 Å². The normalized spacial score (nSPS) is 11.1. The van der Waals surface area contributed by atoms with Crippen LogP contribution in [0.15, 0.2) is 65.0 Å². The van der Waals surface area contributed by atoms with Crippen molar-refractivity contribution in [2.45, 2.75) is 33.2 Å². The molecule has 0 fully saturated rings. The van der Waals surface area contributed by atoms with E-state index in [1.807, 2.05) is 36.6 Å². The fraction of sp³-hybridized carbons (Fsp3) is 0.240. The van der Waals surface area contributed by atoms with Gasteiger partial charge in [0.05, 0.1) is 24.0 Å². The first-order valence-corrected chi connectivity index (χ1v) is 11.4. The molecule has 0 saturated carbocycles. The average molecular weight is 448 g/mol. The van der Waals surface area contributed by atoms with E-state index in [1.165, 1.54) is 27.8 Å². The van der Waals surface area contributed by atoms with Gasteiger partial charge in [-0.3, -0.25) is 14.2 Å². The molecule has 0 aliphatic rings. The molecule has 0 spiro atoms. The first-order valence-electron chi connectivity index (χ1n) is 10.6. The van der Waals surface area contributed by atoms with E-state index in [-0.39, 0.29) is 18.0 Å². The van der Waals surface area contributed by atoms with Crippen molar-refractivity contribution in [1.29, 1.82) is 0 Å². The Morgan fingerprint density at radius 3 is 2.62 bits per heavy atom. The monoisotopic (exact) mass is 447 g/mol. The first kappa shape index (κ1) is 21.8. The summed E-state index contributed by atoms with van der Waals surface area (Å²) in [7, 11) is 0. The molecule has 4 rings (SSSR count). The van der Waals surface area contributed by atoms with Gasteiger partial charge in [-0.15, -0.1) is 11.3 Å². The first-order chi connectivity index (χ1) is 15.5. The molecule has 0 radical (unpaired) electrons. The third kappa shape index (κ3) is 4.43. The standard InChI is InChI=1S/C25H25N3O3S/c1-4-31-21-8-6-5-7-20(21)27-22(29)13-28-15-26-24-23(25(28)30)19(14-32-24)18-11-9-17(10-12-18)16(2)3/h5-12,14-16H,4,13H2,1-3H3,(H,27,29). The van der Waals surface area contributed by atoms with Crippen LogP contribution in [0.3, 0.4) is 0 Å². The van der Waals surface area contributed by atoms with E-state index >= 15 is 0 Å². The highest BCUT2D eigenvalue weighted by molar-refractivity contribution is 7.17. The summed E-state index contributed by atoms with van der Waals surface area (Å²) in [6.45, 7) is 6.54. The van der Waals surface area contributed by atoms with E-state index in [9.17, 15) is 9.59 Å². The van der Waals surface area contributed by atoms with Crippen LogP contribution in [-0.2, 0) is 11.3 Å². The van der Waals surface area contributed by atoms with E-state index in [0.29, 0.717) is 34.2 Å². The molecule has 164 valence electrons. The lowest BCUT2D eigenvalue weighted by atomic mass is 9.99. The number of carbonyl (C=O) groups excluding carboxylic acids is 1. The number of nitrogens with zero attached hydrogens (tertiary/aromatic N) is 2. The van der Waals surface area contributed by atoms with Crippen LogP contribution in [0, 0.1) is 0 Å². The smallest absolute Gasteiger partial charge is 0.263 e. The van der Waals surface area contributed by atoms with Crippen LogP contribution < -0.4 is 15.6 Å². The second kappa shape index (κ2) is 9.36. The maximum absolute atomic E-state index is 13.2. The number of rotatable bonds is 7. The van der Waals surface area contributed by atoms with E-state index in [4.69, 9.17) is 4.74 Å². The van der Waals surface area contributed by atoms with Gasteiger partial charge in [0.2, 0.25) is 5.91 Å². The molecule has 0 saturated heterocycles. The number of nitrogens with one attached hydrogen (secondary N) is 1. The second-order valence-corrected chi connectivity index (χ2v) is 8.62. The highest BCUT2D eigenvalue weighted by atomic mass is 32.1. The quantitative estimate of drug-likeness (QED) is 0.418. The zero-order chi connectivity index (χ0) is 22.7. The van der Waals surface area contributed by atoms with Crippen molar-refractivity contribution in [1.82, 2.24) is 9.55 Å². The predicted molar refractivity (Wildman–Crippen MR) is 130 cm³/mol. The Morgan fingerprint density at radius 1 is 1.16 bits per heavy atom. The molecule has 0 bridgehead atoms. The topological polar surface area (TPSA) is 73.2 Å². The van der Waals surface area contributed by atoms with Gasteiger partial charge < -0.3 is 10.1 Å². The van der Waals surface area contributed by atoms with Crippen molar-refractivity contribution in [3.05, 3.63) is 76.2 Å². The maximum Gasteiger partial charge on any atom is 0.263 e. The van der Waals surface area contributed by atoms with E-state index < -0.39 is 0 Å². The van der Waals surface area contributed by atoms with Crippen molar-refractivity contribution in [3.63, 3.8) is 0 Å². The van der Waals surface area contributed by atoms with Crippen LogP contribution in [0.25, 0.3) is 21.3 Å². The minimum absolute atomic E-state index is 0.135. The lowest BCUT2D eigenvalue weighted by Gasteiger charge is -2.12. The number of aromatic nitrogens is 2. The van der Waals surface area contributed by atoms with Crippen LogP contribution >= 0.6 is 11.3 Å². The Morgan fingerprint density at radius 2 is 1.91 bits per heavy atom. The molecule has 32 heavy (non-hydrogen) atoms. The molecule has 2 aromatic carbocycles. The van der Waals surface area contributed by atoms with E-state index in [1.54, 1.807) is 12.1 Å². The minimum atomic E-state index is -0.321. The van der Waals surface area contributed by atoms with E-state index in [2.05, 4.69) is 36.3 Å². The molecule has 1 N–H and O–H groups in total. The van der Waals surface area contributed by atoms with E-state index in [0.717, 1.165) is 11.1 Å². The minimum Gasteiger partial charge on any atom is -0.492 e. The van der Waals surface area contributed by atoms with Crippen molar-refractivity contribution < 1.29 is 9.53 Å². The number of fused-ring (bicyclic) bond motifs is 1. The van der Waals surface area contributed by atoms with Gasteiger partial charge in [0, 0.05) is 10.9 Å². The third-order valence-electron chi connectivity index (χ3n) is 5.22. The zero-order valence-electron chi connectivity index (χ0n) is 18.3. The molecule has 1 amide bonds. The summed E-state index contributed by atoms with van der Waals surface area (Å²) in [6, 6.07) is 15.5. The molecule has 7 heteroatoms. The molecule has 0 aliphatic heterocycles. The second-order valence-electron chi connectivity index (χ2n) is 7.76. The number of carbonyl (C=O) groups is 1. The SMILES string of the molecule is CCOc1ccccc1NC(=O)Cn1cnc2scc(-c3ccc(C(C)C)cc3)c2c1=O. The highest BCUT2D eigenvalue weighted by Gasteiger charge is 2.16. The number of para-hydroxylation sites is 2. The number of benzene rings is 2. The van der Waals surface area contributed by atoms with Crippen LogP contribution in [0.2, 0.25) is 0 Å². The van der Waals surface area contributed by atoms with Gasteiger partial charge in [-0.25, -0.2) is 4.98 Å². The lowest BCUT2D eigenvalue weighted by Crippen LogP contribution is -2.28. The van der Waals surface area contributed by atoms with Gasteiger partial charge in [0.25, 0.3) is 5.56 Å². The largest absolute Gasteiger partial charge is 0.492 e. The Hall–Kier alpha value is -3.45. The fourth-order valence-corrected chi connectivity index (χ4v) is 4.44. The predicted octanol–water partition coefficient (Wildman–Crippen LogP) is 5.29. The van der Waals surface area contributed by atoms with Crippen LogP contribution in [0.1, 0.15) is 32.3 Å². The van der Waals surface area contributed by atoms with Crippen molar-refractivity contribution in [2.24, 2.45) is 0 Å². The van der Waals surface area contributed by atoms with Gasteiger partial charge in [0.15, 0.2) is 0 Å². The van der Waals surface area contributed by atoms with Gasteiger partial charge in [-0.1, -0.05) is 50.2 Å². The molecule has 6 nitrogen and oxygen atoms in total. The number of hydrogen-bond donors (Lipinski definition) is 1. The third-order valence-corrected chi connectivity index (χ3v) is 6.11. The summed E-state index contributed by atoms with van der Waals surface area (Å²) >= 11 is 1.43. The number of amides is 1. The maximum atomic E-state index is 13.2. The van der Waals surface area contributed by atoms with Crippen molar-refractivity contribution in [2.75, 3.05) is 11.9 Å². The van der Waals surface area contributed by atoms with Gasteiger partial charge in [-0.2, -0.15) is 0 Å². The Labute approximate surface area is 190 Å². The molecule has 0 atom stereocenters. The number of hydrogen-bond acceptors (Lipinski definition) is 5. The zero-order valence-corrected chi connectivity index (χ0v) is 19.1. The Bertz CT molecular complexity index is 1310. The summed E-state index contributed by atoms with van der Waals surface area (Å²) in [5.41, 5.74) is 3.39. The Kier molecular flexibility index (Phi) is 6.37. The summed E-state index contributed by atoms with van der Waals surface area (Å²) in [6.07, 6.45) is 1.43. The molecule has 0 aliphatic carbocycles.